The van der Waals surface area contributed by atoms with Gasteiger partial charge in [-0.2, -0.15) is 0 Å². The van der Waals surface area contributed by atoms with Gasteiger partial charge in [-0.3, -0.25) is 4.79 Å². The molecule has 1 rings (SSSR count). The minimum absolute atomic E-state index is 0.0905. The number of rotatable bonds is 4. The summed E-state index contributed by atoms with van der Waals surface area (Å²) in [5.74, 6) is -0.609. The number of piperidine rings is 1. The zero-order valence-corrected chi connectivity index (χ0v) is 11.5. The van der Waals surface area contributed by atoms with Gasteiger partial charge in [0, 0.05) is 13.1 Å². The van der Waals surface area contributed by atoms with Crippen LogP contribution in [0.2, 0.25) is 0 Å². The molecule has 0 unspecified atom stereocenters. The normalized spacial score (nSPS) is 21.6. The van der Waals surface area contributed by atoms with E-state index in [1.54, 1.807) is 6.92 Å². The molecule has 1 aliphatic heterocycles. The van der Waals surface area contributed by atoms with Gasteiger partial charge >= 0.3 is 5.97 Å². The Balaban J connectivity index is 2.67. The summed E-state index contributed by atoms with van der Waals surface area (Å²) in [5, 5.41) is 9.06. The summed E-state index contributed by atoms with van der Waals surface area (Å²) in [6.07, 6.45) is 0.777. The van der Waals surface area contributed by atoms with Gasteiger partial charge in [-0.15, -0.1) is 0 Å². The number of hydrogen-bond donors (Lipinski definition) is 1. The lowest BCUT2D eigenvalue weighted by molar-refractivity contribution is -0.150. The lowest BCUT2D eigenvalue weighted by atomic mass is 9.81. The highest BCUT2D eigenvalue weighted by Gasteiger charge is 2.39. The molecule has 17 heavy (non-hydrogen) atoms. The maximum absolute atomic E-state index is 12.0. The largest absolute Gasteiger partial charge is 0.481 e. The second kappa shape index (κ2) is 4.94. The molecule has 1 fully saturated rings. The maximum Gasteiger partial charge on any atom is 0.309 e. The van der Waals surface area contributed by atoms with E-state index in [2.05, 4.69) is 0 Å². The van der Waals surface area contributed by atoms with Crippen molar-refractivity contribution in [2.75, 3.05) is 18.8 Å². The third-order valence-corrected chi connectivity index (χ3v) is 5.52. The molecule has 0 spiro atoms. The van der Waals surface area contributed by atoms with Crippen molar-refractivity contribution in [3.63, 3.8) is 0 Å². The van der Waals surface area contributed by atoms with Crippen LogP contribution in [0.15, 0.2) is 0 Å². The summed E-state index contributed by atoms with van der Waals surface area (Å²) in [6, 6.07) is 0. The van der Waals surface area contributed by atoms with E-state index < -0.39 is 21.4 Å². The van der Waals surface area contributed by atoms with Crippen LogP contribution < -0.4 is 0 Å². The van der Waals surface area contributed by atoms with Crippen LogP contribution >= 0.6 is 0 Å². The molecule has 0 aromatic heterocycles. The molecule has 100 valence electrons. The smallest absolute Gasteiger partial charge is 0.309 e. The number of sulfonamides is 1. The van der Waals surface area contributed by atoms with E-state index in [1.807, 2.05) is 13.8 Å². The molecule has 1 heterocycles. The molecule has 0 aromatic rings. The average molecular weight is 263 g/mol. The fourth-order valence-corrected chi connectivity index (χ4v) is 3.79. The van der Waals surface area contributed by atoms with Crippen LogP contribution in [0.3, 0.4) is 0 Å². The van der Waals surface area contributed by atoms with Crippen LogP contribution in [0, 0.1) is 11.3 Å². The van der Waals surface area contributed by atoms with Crippen molar-refractivity contribution in [2.24, 2.45) is 11.3 Å². The fraction of sp³-hybridized carbons (Fsp3) is 0.909. The third-order valence-electron chi connectivity index (χ3n) is 3.28. The number of carboxylic acid groups (broad SMARTS) is 1. The number of nitrogens with zero attached hydrogens (tertiary/aromatic N) is 1. The van der Waals surface area contributed by atoms with Crippen molar-refractivity contribution in [1.29, 1.82) is 0 Å². The highest BCUT2D eigenvalue weighted by Crippen LogP contribution is 2.32. The first-order valence-electron chi connectivity index (χ1n) is 5.88. The van der Waals surface area contributed by atoms with E-state index in [-0.39, 0.29) is 11.7 Å². The van der Waals surface area contributed by atoms with Gasteiger partial charge in [-0.1, -0.05) is 13.8 Å². The van der Waals surface area contributed by atoms with Gasteiger partial charge < -0.3 is 5.11 Å². The van der Waals surface area contributed by atoms with Gasteiger partial charge in [0.15, 0.2) is 0 Å². The van der Waals surface area contributed by atoms with Gasteiger partial charge in [0.05, 0.1) is 11.2 Å². The summed E-state index contributed by atoms with van der Waals surface area (Å²) in [5.41, 5.74) is -0.774. The van der Waals surface area contributed by atoms with Crippen molar-refractivity contribution in [3.05, 3.63) is 0 Å². The Bertz CT molecular complexity index is 380. The molecular formula is C11H21NO4S. The van der Waals surface area contributed by atoms with E-state index in [0.29, 0.717) is 25.9 Å². The van der Waals surface area contributed by atoms with Crippen LogP contribution in [0.1, 0.15) is 33.6 Å². The molecular weight excluding hydrogens is 242 g/mol. The monoisotopic (exact) mass is 263 g/mol. The van der Waals surface area contributed by atoms with Crippen molar-refractivity contribution in [2.45, 2.75) is 33.6 Å². The molecule has 0 bridgehead atoms. The van der Waals surface area contributed by atoms with E-state index in [1.165, 1.54) is 4.31 Å². The zero-order valence-electron chi connectivity index (χ0n) is 10.6. The van der Waals surface area contributed by atoms with E-state index in [4.69, 9.17) is 5.11 Å². The average Bonchev–Trinajstić information content (AvgIpc) is 2.16. The second-order valence-corrected chi connectivity index (χ2v) is 7.45. The van der Waals surface area contributed by atoms with Crippen LogP contribution in [0.4, 0.5) is 0 Å². The summed E-state index contributed by atoms with van der Waals surface area (Å²) in [4.78, 5) is 11.0. The molecule has 0 radical (unpaired) electrons. The lowest BCUT2D eigenvalue weighted by Gasteiger charge is -2.35. The Hall–Kier alpha value is -0.620. The van der Waals surface area contributed by atoms with Crippen molar-refractivity contribution < 1.29 is 18.3 Å². The molecule has 0 aliphatic carbocycles. The summed E-state index contributed by atoms with van der Waals surface area (Å²) >= 11 is 0. The molecule has 0 amide bonds. The molecule has 0 saturated carbocycles. The molecule has 1 N–H and O–H groups in total. The Morgan fingerprint density at radius 3 is 2.18 bits per heavy atom. The van der Waals surface area contributed by atoms with Crippen LogP contribution in [0.25, 0.3) is 0 Å². The minimum atomic E-state index is -3.22. The lowest BCUT2D eigenvalue weighted by Crippen LogP contribution is -2.46. The van der Waals surface area contributed by atoms with Crippen molar-refractivity contribution in [1.82, 2.24) is 4.31 Å². The molecule has 5 nitrogen and oxygen atoms in total. The van der Waals surface area contributed by atoms with Crippen LogP contribution in [-0.2, 0) is 14.8 Å². The van der Waals surface area contributed by atoms with Crippen molar-refractivity contribution in [3.8, 4) is 0 Å². The highest BCUT2D eigenvalue weighted by molar-refractivity contribution is 7.89. The highest BCUT2D eigenvalue weighted by atomic mass is 32.2. The maximum atomic E-state index is 12.0. The third kappa shape index (κ3) is 3.42. The van der Waals surface area contributed by atoms with Gasteiger partial charge in [0.25, 0.3) is 0 Å². The summed E-state index contributed by atoms with van der Waals surface area (Å²) in [6.45, 7) is 6.04. The van der Waals surface area contributed by atoms with Gasteiger partial charge in [0.2, 0.25) is 10.0 Å². The Kier molecular flexibility index (Phi) is 4.19. The summed E-state index contributed by atoms with van der Waals surface area (Å²) in [7, 11) is -3.22. The molecule has 1 aliphatic rings. The van der Waals surface area contributed by atoms with E-state index >= 15 is 0 Å². The first kappa shape index (κ1) is 14.4. The fourth-order valence-electron chi connectivity index (χ4n) is 2.00. The van der Waals surface area contributed by atoms with Crippen LogP contribution in [0.5, 0.6) is 0 Å². The Morgan fingerprint density at radius 2 is 1.82 bits per heavy atom. The van der Waals surface area contributed by atoms with E-state index in [9.17, 15) is 13.2 Å². The summed E-state index contributed by atoms with van der Waals surface area (Å²) < 4.78 is 25.3. The zero-order chi connectivity index (χ0) is 13.3. The Labute approximate surface area is 103 Å². The van der Waals surface area contributed by atoms with Gasteiger partial charge in [-0.25, -0.2) is 12.7 Å². The first-order chi connectivity index (χ1) is 7.67. The second-order valence-electron chi connectivity index (χ2n) is 5.44. The Morgan fingerprint density at radius 1 is 1.35 bits per heavy atom. The number of hydrogen-bond acceptors (Lipinski definition) is 3. The topological polar surface area (TPSA) is 74.7 Å². The SMILES string of the molecule is CC(C)CS(=O)(=O)N1CCC(C)(C(=O)O)CC1. The quantitative estimate of drug-likeness (QED) is 0.826. The number of carbonyl (C=O) groups is 1. The van der Waals surface area contributed by atoms with Crippen LogP contribution in [-0.4, -0.2) is 42.6 Å². The minimum Gasteiger partial charge on any atom is -0.481 e. The first-order valence-corrected chi connectivity index (χ1v) is 7.49. The van der Waals surface area contributed by atoms with Gasteiger partial charge in [0.1, 0.15) is 0 Å². The van der Waals surface area contributed by atoms with Gasteiger partial charge in [-0.05, 0) is 25.7 Å². The van der Waals surface area contributed by atoms with Crippen molar-refractivity contribution >= 4 is 16.0 Å². The van der Waals surface area contributed by atoms with E-state index in [0.717, 1.165) is 0 Å². The predicted molar refractivity (Wildman–Crippen MR) is 65.2 cm³/mol. The standard InChI is InChI=1S/C11H21NO4S/c1-9(2)8-17(15,16)12-6-4-11(3,5-7-12)10(13)14/h9H,4-8H2,1-3H3,(H,13,14). The molecule has 0 aromatic carbocycles. The molecule has 6 heteroatoms. The number of carboxylic acids is 1. The predicted octanol–water partition coefficient (Wildman–Crippen LogP) is 1.16. The molecule has 0 atom stereocenters. The number of aliphatic carboxylic acids is 1. The molecule has 1 saturated heterocycles.